The van der Waals surface area contributed by atoms with Gasteiger partial charge in [0.1, 0.15) is 0 Å². The third-order valence-corrected chi connectivity index (χ3v) is 1.97. The van der Waals surface area contributed by atoms with Gasteiger partial charge in [0.25, 0.3) is 0 Å². The molecule has 2 heteroatoms. The maximum absolute atomic E-state index is 5.41. The molecule has 1 N–H and O–H groups in total. The Bertz CT molecular complexity index is 80.5. The van der Waals surface area contributed by atoms with Crippen molar-refractivity contribution in [2.24, 2.45) is 5.92 Å². The standard InChI is InChI=1S/C6H11NO/c1-5-2-7-3-6(1)8-4-5/h5-7H,1-4H2/t5-,6-/m1/s1. The summed E-state index contributed by atoms with van der Waals surface area (Å²) in [5, 5.41) is 3.32. The molecular weight excluding hydrogens is 102 g/mol. The van der Waals surface area contributed by atoms with Gasteiger partial charge in [-0.3, -0.25) is 0 Å². The van der Waals surface area contributed by atoms with Crippen LogP contribution in [0.3, 0.4) is 0 Å². The Morgan fingerprint density at radius 1 is 1.38 bits per heavy atom. The maximum Gasteiger partial charge on any atom is 0.0703 e. The molecule has 2 nitrogen and oxygen atoms in total. The van der Waals surface area contributed by atoms with Crippen LogP contribution in [0, 0.1) is 5.92 Å². The Morgan fingerprint density at radius 3 is 3.12 bits per heavy atom. The van der Waals surface area contributed by atoms with E-state index in [1.54, 1.807) is 0 Å². The number of hydrogen-bond acceptors (Lipinski definition) is 2. The van der Waals surface area contributed by atoms with Crippen LogP contribution in [0.15, 0.2) is 0 Å². The normalized spacial score (nSPS) is 45.0. The van der Waals surface area contributed by atoms with Crippen LogP contribution in [-0.2, 0) is 4.74 Å². The molecule has 2 rings (SSSR count). The highest BCUT2D eigenvalue weighted by Crippen LogP contribution is 2.21. The first-order valence-electron chi connectivity index (χ1n) is 3.27. The summed E-state index contributed by atoms with van der Waals surface area (Å²) in [7, 11) is 0. The van der Waals surface area contributed by atoms with Gasteiger partial charge in [-0.2, -0.15) is 0 Å². The van der Waals surface area contributed by atoms with Crippen LogP contribution in [0.4, 0.5) is 0 Å². The molecular formula is C6H11NO. The number of ether oxygens (including phenoxy) is 1. The molecule has 2 aliphatic rings. The number of nitrogens with one attached hydrogen (secondary N) is 1. The zero-order valence-corrected chi connectivity index (χ0v) is 4.89. The van der Waals surface area contributed by atoms with Crippen molar-refractivity contribution >= 4 is 0 Å². The Labute approximate surface area is 49.2 Å². The summed E-state index contributed by atoms with van der Waals surface area (Å²) in [4.78, 5) is 0. The second-order valence-electron chi connectivity index (χ2n) is 2.72. The topological polar surface area (TPSA) is 21.3 Å². The fourth-order valence-electron chi connectivity index (χ4n) is 1.51. The monoisotopic (exact) mass is 113 g/mol. The van der Waals surface area contributed by atoms with E-state index in [2.05, 4.69) is 5.32 Å². The van der Waals surface area contributed by atoms with Gasteiger partial charge in [0.2, 0.25) is 0 Å². The predicted octanol–water partition coefficient (Wildman–Crippen LogP) is -0.00530. The molecule has 8 heavy (non-hydrogen) atoms. The highest BCUT2D eigenvalue weighted by molar-refractivity contribution is 4.81. The molecule has 2 saturated heterocycles. The van der Waals surface area contributed by atoms with Gasteiger partial charge in [-0.25, -0.2) is 0 Å². The molecule has 0 spiro atoms. The molecule has 2 bridgehead atoms. The fourth-order valence-corrected chi connectivity index (χ4v) is 1.51. The number of hydrogen-bond donors (Lipinski definition) is 1. The van der Waals surface area contributed by atoms with Crippen LogP contribution in [0.5, 0.6) is 0 Å². The van der Waals surface area contributed by atoms with E-state index in [1.807, 2.05) is 0 Å². The van der Waals surface area contributed by atoms with Crippen molar-refractivity contribution in [2.75, 3.05) is 19.7 Å². The minimum Gasteiger partial charge on any atom is -0.377 e. The predicted molar refractivity (Wildman–Crippen MR) is 30.7 cm³/mol. The van der Waals surface area contributed by atoms with Crippen molar-refractivity contribution in [1.29, 1.82) is 0 Å². The highest BCUT2D eigenvalue weighted by Gasteiger charge is 2.28. The highest BCUT2D eigenvalue weighted by atomic mass is 16.5. The van der Waals surface area contributed by atoms with Crippen molar-refractivity contribution in [2.45, 2.75) is 12.5 Å². The third kappa shape index (κ3) is 0.644. The second kappa shape index (κ2) is 1.71. The van der Waals surface area contributed by atoms with Gasteiger partial charge in [-0.15, -0.1) is 0 Å². The van der Waals surface area contributed by atoms with E-state index in [1.165, 1.54) is 13.0 Å². The average molecular weight is 113 g/mol. The zero-order chi connectivity index (χ0) is 5.40. The maximum atomic E-state index is 5.41. The van der Waals surface area contributed by atoms with E-state index in [0.29, 0.717) is 6.10 Å². The molecule has 0 aromatic carbocycles. The number of fused-ring (bicyclic) bond motifs is 2. The molecule has 46 valence electrons. The van der Waals surface area contributed by atoms with Gasteiger partial charge in [-0.1, -0.05) is 0 Å². The van der Waals surface area contributed by atoms with Crippen LogP contribution in [-0.4, -0.2) is 25.8 Å². The molecule has 2 fully saturated rings. The molecule has 0 unspecified atom stereocenters. The number of rotatable bonds is 0. The first kappa shape index (κ1) is 4.77. The van der Waals surface area contributed by atoms with E-state index >= 15 is 0 Å². The lowest BCUT2D eigenvalue weighted by atomic mass is 10.0. The molecule has 2 heterocycles. The molecule has 0 saturated carbocycles. The zero-order valence-electron chi connectivity index (χ0n) is 4.89. The van der Waals surface area contributed by atoms with Crippen LogP contribution in [0.25, 0.3) is 0 Å². The Kier molecular flexibility index (Phi) is 1.02. The van der Waals surface area contributed by atoms with Gasteiger partial charge in [0.05, 0.1) is 12.7 Å². The quantitative estimate of drug-likeness (QED) is 0.477. The first-order chi connectivity index (χ1) is 3.95. The van der Waals surface area contributed by atoms with E-state index in [0.717, 1.165) is 19.1 Å². The first-order valence-corrected chi connectivity index (χ1v) is 3.27. The van der Waals surface area contributed by atoms with Crippen molar-refractivity contribution in [1.82, 2.24) is 5.32 Å². The summed E-state index contributed by atoms with van der Waals surface area (Å²) in [6.07, 6.45) is 1.85. The molecule has 0 aromatic rings. The third-order valence-electron chi connectivity index (χ3n) is 1.97. The van der Waals surface area contributed by atoms with Crippen molar-refractivity contribution in [3.05, 3.63) is 0 Å². The van der Waals surface area contributed by atoms with Gasteiger partial charge >= 0.3 is 0 Å². The van der Waals surface area contributed by atoms with Crippen molar-refractivity contribution in [3.8, 4) is 0 Å². The summed E-state index contributed by atoms with van der Waals surface area (Å²) in [6, 6.07) is 0. The second-order valence-corrected chi connectivity index (χ2v) is 2.72. The largest absolute Gasteiger partial charge is 0.377 e. The molecule has 0 radical (unpaired) electrons. The van der Waals surface area contributed by atoms with E-state index in [9.17, 15) is 0 Å². The lowest BCUT2D eigenvalue weighted by Gasteiger charge is -2.16. The average Bonchev–Trinajstić information content (AvgIpc) is 2.12. The van der Waals surface area contributed by atoms with Gasteiger partial charge < -0.3 is 10.1 Å². The Balaban J connectivity index is 2.03. The summed E-state index contributed by atoms with van der Waals surface area (Å²) >= 11 is 0. The smallest absolute Gasteiger partial charge is 0.0703 e. The molecule has 0 amide bonds. The Morgan fingerprint density at radius 2 is 2.38 bits per heavy atom. The van der Waals surface area contributed by atoms with Crippen LogP contribution in [0.2, 0.25) is 0 Å². The molecule has 2 atom stereocenters. The number of piperidine rings is 1. The SMILES string of the molecule is C1NC[C@H]2C[C@H]1CO2. The molecule has 0 aromatic heterocycles. The van der Waals surface area contributed by atoms with Gasteiger partial charge in [-0.05, 0) is 12.3 Å². The van der Waals surface area contributed by atoms with E-state index < -0.39 is 0 Å². The molecule has 2 aliphatic heterocycles. The lowest BCUT2D eigenvalue weighted by Crippen LogP contribution is -2.34. The lowest BCUT2D eigenvalue weighted by molar-refractivity contribution is 0.116. The van der Waals surface area contributed by atoms with Crippen molar-refractivity contribution < 1.29 is 4.74 Å². The fraction of sp³-hybridized carbons (Fsp3) is 1.00. The summed E-state index contributed by atoms with van der Waals surface area (Å²) in [6.45, 7) is 3.25. The van der Waals surface area contributed by atoms with Crippen molar-refractivity contribution in [3.63, 3.8) is 0 Å². The Hall–Kier alpha value is -0.0800. The van der Waals surface area contributed by atoms with Gasteiger partial charge in [0, 0.05) is 13.1 Å². The van der Waals surface area contributed by atoms with Gasteiger partial charge in [0.15, 0.2) is 0 Å². The summed E-state index contributed by atoms with van der Waals surface area (Å²) in [5.74, 6) is 0.828. The minimum atomic E-state index is 0.550. The van der Waals surface area contributed by atoms with E-state index in [-0.39, 0.29) is 0 Å². The van der Waals surface area contributed by atoms with E-state index in [4.69, 9.17) is 4.74 Å². The van der Waals surface area contributed by atoms with Crippen LogP contribution in [0.1, 0.15) is 6.42 Å². The van der Waals surface area contributed by atoms with Crippen LogP contribution >= 0.6 is 0 Å². The van der Waals surface area contributed by atoms with Crippen LogP contribution < -0.4 is 5.32 Å². The summed E-state index contributed by atoms with van der Waals surface area (Å²) in [5.41, 5.74) is 0. The molecule has 0 aliphatic carbocycles. The summed E-state index contributed by atoms with van der Waals surface area (Å²) < 4.78 is 5.41. The minimum absolute atomic E-state index is 0.550.